The molecule has 0 bridgehead atoms. The van der Waals surface area contributed by atoms with Gasteiger partial charge < -0.3 is 10.2 Å². The maximum Gasteiger partial charge on any atom is 0.259 e. The second-order valence-corrected chi connectivity index (χ2v) is 10.4. The fourth-order valence-electron chi connectivity index (χ4n) is 4.17. The number of hydrogen-bond donors (Lipinski definition) is 1. The zero-order chi connectivity index (χ0) is 26.1. The van der Waals surface area contributed by atoms with Crippen LogP contribution in [0.3, 0.4) is 0 Å². The lowest BCUT2D eigenvalue weighted by molar-refractivity contribution is 0.0978. The minimum absolute atomic E-state index is 0.0675. The average Bonchev–Trinajstić information content (AvgIpc) is 2.98. The first-order chi connectivity index (χ1) is 17.8. The zero-order valence-corrected chi connectivity index (χ0v) is 21.3. The fourth-order valence-corrected chi connectivity index (χ4v) is 5.73. The molecule has 2 amide bonds. The maximum absolute atomic E-state index is 13.7. The Kier molecular flexibility index (Phi) is 6.74. The van der Waals surface area contributed by atoms with E-state index in [1.54, 1.807) is 84.9 Å². The molecule has 1 heterocycles. The van der Waals surface area contributed by atoms with Crippen LogP contribution in [0.25, 0.3) is 0 Å². The largest absolute Gasteiger partial charge is 0.322 e. The second-order valence-electron chi connectivity index (χ2n) is 8.56. The first-order valence-corrected chi connectivity index (χ1v) is 13.0. The summed E-state index contributed by atoms with van der Waals surface area (Å²) in [4.78, 5) is 40.8. The van der Waals surface area contributed by atoms with Gasteiger partial charge in [-0.1, -0.05) is 35.9 Å². The summed E-state index contributed by atoms with van der Waals surface area (Å²) in [5.41, 5.74) is 2.88. The Morgan fingerprint density at radius 3 is 2.32 bits per heavy atom. The van der Waals surface area contributed by atoms with Gasteiger partial charge in [0.15, 0.2) is 5.78 Å². The van der Waals surface area contributed by atoms with Crippen LogP contribution >= 0.6 is 11.6 Å². The molecule has 37 heavy (non-hydrogen) atoms. The number of nitrogens with zero attached hydrogens (tertiary/aromatic N) is 1. The Bertz CT molecular complexity index is 1580. The quantitative estimate of drug-likeness (QED) is 0.316. The number of carbonyl (C=O) groups excluding carboxylic acids is 3. The molecule has 1 N–H and O–H groups in total. The summed E-state index contributed by atoms with van der Waals surface area (Å²) >= 11 is 6.18. The first kappa shape index (κ1) is 24.6. The highest BCUT2D eigenvalue weighted by atomic mass is 35.5. The van der Waals surface area contributed by atoms with Crippen molar-refractivity contribution >= 4 is 51.4 Å². The number of ketones is 1. The Hall–Kier alpha value is -4.07. The van der Waals surface area contributed by atoms with E-state index in [0.717, 1.165) is 5.56 Å². The van der Waals surface area contributed by atoms with Gasteiger partial charge in [-0.2, -0.15) is 0 Å². The van der Waals surface area contributed by atoms with Gasteiger partial charge in [-0.25, -0.2) is 4.21 Å². The van der Waals surface area contributed by atoms with Crippen molar-refractivity contribution < 1.29 is 18.6 Å². The molecule has 184 valence electrons. The summed E-state index contributed by atoms with van der Waals surface area (Å²) in [6.07, 6.45) is 0. The number of nitrogens with one attached hydrogen (secondary N) is 1. The Labute approximate surface area is 221 Å². The van der Waals surface area contributed by atoms with E-state index < -0.39 is 16.7 Å². The Morgan fingerprint density at radius 1 is 0.865 bits per heavy atom. The number of anilines is 2. The third-order valence-corrected chi connectivity index (χ3v) is 7.79. The van der Waals surface area contributed by atoms with Gasteiger partial charge in [0.05, 0.1) is 38.4 Å². The predicted octanol–water partition coefficient (Wildman–Crippen LogP) is 6.12. The lowest BCUT2D eigenvalue weighted by Gasteiger charge is -2.24. The summed E-state index contributed by atoms with van der Waals surface area (Å²) in [7, 11) is -1.63. The molecule has 5 rings (SSSR count). The monoisotopic (exact) mass is 528 g/mol. The number of benzene rings is 4. The van der Waals surface area contributed by atoms with Crippen molar-refractivity contribution in [3.63, 3.8) is 0 Å². The van der Waals surface area contributed by atoms with Gasteiger partial charge in [-0.05, 0) is 79.2 Å². The summed E-state index contributed by atoms with van der Waals surface area (Å²) in [6.45, 7) is 1.65. The highest BCUT2D eigenvalue weighted by Crippen LogP contribution is 2.36. The molecular weight excluding hydrogens is 508 g/mol. The Balaban J connectivity index is 1.55. The van der Waals surface area contributed by atoms with Crippen LogP contribution in [0.1, 0.15) is 43.6 Å². The van der Waals surface area contributed by atoms with Crippen molar-refractivity contribution in [2.45, 2.75) is 23.3 Å². The number of halogens is 1. The minimum atomic E-state index is -1.63. The van der Waals surface area contributed by atoms with Crippen LogP contribution in [0, 0.1) is 0 Å². The molecule has 0 aromatic heterocycles. The predicted molar refractivity (Wildman–Crippen MR) is 144 cm³/mol. The number of carbonyl (C=O) groups is 3. The first-order valence-electron chi connectivity index (χ1n) is 11.5. The Morgan fingerprint density at radius 2 is 1.59 bits per heavy atom. The van der Waals surface area contributed by atoms with E-state index in [4.69, 9.17) is 11.6 Å². The van der Waals surface area contributed by atoms with Crippen LogP contribution in [-0.4, -0.2) is 21.8 Å². The van der Waals surface area contributed by atoms with Crippen molar-refractivity contribution in [2.24, 2.45) is 0 Å². The molecule has 8 heteroatoms. The van der Waals surface area contributed by atoms with Gasteiger partial charge in [0.25, 0.3) is 11.8 Å². The third-order valence-electron chi connectivity index (χ3n) is 6.05. The number of hydrogen-bond acceptors (Lipinski definition) is 4. The van der Waals surface area contributed by atoms with E-state index >= 15 is 0 Å². The minimum Gasteiger partial charge on any atom is -0.322 e. The molecule has 4 aromatic rings. The highest BCUT2D eigenvalue weighted by Gasteiger charge is 2.31. The van der Waals surface area contributed by atoms with Crippen molar-refractivity contribution in [2.75, 3.05) is 10.2 Å². The van der Waals surface area contributed by atoms with Gasteiger partial charge in [0.1, 0.15) is 0 Å². The topological polar surface area (TPSA) is 83.6 Å². The maximum atomic E-state index is 13.7. The average molecular weight is 529 g/mol. The van der Waals surface area contributed by atoms with Crippen LogP contribution in [0.4, 0.5) is 11.4 Å². The molecule has 1 aliphatic rings. The van der Waals surface area contributed by atoms with Crippen LogP contribution < -0.4 is 10.2 Å². The van der Waals surface area contributed by atoms with Crippen LogP contribution in [-0.2, 0) is 17.3 Å². The summed E-state index contributed by atoms with van der Waals surface area (Å²) in [6, 6.07) is 25.4. The SMILES string of the molecule is CC(=O)c1ccc(NC(=O)c2ccc3c(c2)N(Cc2cccc(Cl)c2)C(=O)c2ccccc2[S@]3=O)cc1. The van der Waals surface area contributed by atoms with E-state index in [-0.39, 0.29) is 18.2 Å². The summed E-state index contributed by atoms with van der Waals surface area (Å²) < 4.78 is 13.6. The van der Waals surface area contributed by atoms with Gasteiger partial charge in [0.2, 0.25) is 0 Å². The van der Waals surface area contributed by atoms with E-state index in [9.17, 15) is 18.6 Å². The standard InChI is InChI=1S/C29H21ClN2O4S/c1-18(33)20-9-12-23(13-10-20)31-28(34)21-11-14-27-25(16-21)32(17-19-5-4-6-22(30)15-19)29(35)24-7-2-3-8-26(24)37(27)36/h2-16H,17H2,1H3,(H,31,34)/t37-/m1/s1. The molecule has 6 nitrogen and oxygen atoms in total. The van der Waals surface area contributed by atoms with Crippen molar-refractivity contribution in [3.05, 3.63) is 118 Å². The summed E-state index contributed by atoms with van der Waals surface area (Å²) in [5.74, 6) is -0.789. The van der Waals surface area contributed by atoms with E-state index in [1.165, 1.54) is 11.8 Å². The zero-order valence-electron chi connectivity index (χ0n) is 19.7. The molecule has 0 saturated heterocycles. The summed E-state index contributed by atoms with van der Waals surface area (Å²) in [5, 5.41) is 3.35. The highest BCUT2D eigenvalue weighted by molar-refractivity contribution is 7.85. The van der Waals surface area contributed by atoms with Crippen LogP contribution in [0.5, 0.6) is 0 Å². The molecule has 1 atom stereocenters. The second kappa shape index (κ2) is 10.1. The number of fused-ring (bicyclic) bond motifs is 2. The molecule has 0 radical (unpaired) electrons. The van der Waals surface area contributed by atoms with Gasteiger partial charge >= 0.3 is 0 Å². The number of Topliss-reactive ketones (excluding diaryl/α,β-unsaturated/α-hetero) is 1. The molecule has 4 aromatic carbocycles. The van der Waals surface area contributed by atoms with Gasteiger partial charge in [-0.3, -0.25) is 14.4 Å². The van der Waals surface area contributed by atoms with Crippen molar-refractivity contribution in [1.82, 2.24) is 0 Å². The molecule has 0 aliphatic carbocycles. The smallest absolute Gasteiger partial charge is 0.259 e. The van der Waals surface area contributed by atoms with Crippen LogP contribution in [0.2, 0.25) is 5.02 Å². The lowest BCUT2D eigenvalue weighted by atomic mass is 10.1. The molecular formula is C29H21ClN2O4S. The van der Waals surface area contributed by atoms with Gasteiger partial charge in [0, 0.05) is 21.8 Å². The van der Waals surface area contributed by atoms with Crippen molar-refractivity contribution in [1.29, 1.82) is 0 Å². The third kappa shape index (κ3) is 4.96. The fraction of sp³-hybridized carbons (Fsp3) is 0.0690. The van der Waals surface area contributed by atoms with Gasteiger partial charge in [-0.15, -0.1) is 0 Å². The number of amides is 2. The molecule has 0 spiro atoms. The molecule has 0 fully saturated rings. The number of rotatable bonds is 5. The van der Waals surface area contributed by atoms with E-state index in [0.29, 0.717) is 42.9 Å². The normalized spacial score (nSPS) is 14.4. The van der Waals surface area contributed by atoms with E-state index in [2.05, 4.69) is 5.32 Å². The van der Waals surface area contributed by atoms with Crippen LogP contribution in [0.15, 0.2) is 101 Å². The molecule has 0 saturated carbocycles. The molecule has 1 aliphatic heterocycles. The van der Waals surface area contributed by atoms with E-state index in [1.807, 2.05) is 6.07 Å². The van der Waals surface area contributed by atoms with Crippen molar-refractivity contribution in [3.8, 4) is 0 Å². The molecule has 0 unspecified atom stereocenters. The lowest BCUT2D eigenvalue weighted by Crippen LogP contribution is -2.30.